The standard InChI is InChI=1S/C15H17NO2/c1-3-18-15(17)11-16(2)14-9-8-12-6-4-5-7-13(12)10-14/h4-10H,3,11H2,1-2H3. The van der Waals surface area contributed by atoms with Crippen LogP contribution in [0.25, 0.3) is 10.8 Å². The van der Waals surface area contributed by atoms with Crippen molar-refractivity contribution in [2.24, 2.45) is 0 Å². The molecule has 94 valence electrons. The van der Waals surface area contributed by atoms with Gasteiger partial charge in [0.1, 0.15) is 6.54 Å². The quantitative estimate of drug-likeness (QED) is 0.773. The molecule has 0 aliphatic carbocycles. The number of ether oxygens (including phenoxy) is 1. The van der Waals surface area contributed by atoms with Gasteiger partial charge in [0.2, 0.25) is 0 Å². The molecule has 0 aliphatic heterocycles. The van der Waals surface area contributed by atoms with Crippen LogP contribution < -0.4 is 4.90 Å². The second kappa shape index (κ2) is 5.54. The van der Waals surface area contributed by atoms with Crippen molar-refractivity contribution in [1.82, 2.24) is 0 Å². The number of carbonyl (C=O) groups is 1. The molecular formula is C15H17NO2. The van der Waals surface area contributed by atoms with Crippen molar-refractivity contribution in [2.45, 2.75) is 6.92 Å². The number of esters is 1. The first-order valence-electron chi connectivity index (χ1n) is 6.06. The van der Waals surface area contributed by atoms with E-state index >= 15 is 0 Å². The Morgan fingerprint density at radius 3 is 2.61 bits per heavy atom. The smallest absolute Gasteiger partial charge is 0.325 e. The van der Waals surface area contributed by atoms with Gasteiger partial charge in [0.25, 0.3) is 0 Å². The maximum Gasteiger partial charge on any atom is 0.325 e. The molecule has 2 aromatic rings. The Morgan fingerprint density at radius 1 is 1.17 bits per heavy atom. The summed E-state index contributed by atoms with van der Waals surface area (Å²) in [5.74, 6) is -0.201. The highest BCUT2D eigenvalue weighted by Crippen LogP contribution is 2.21. The molecule has 18 heavy (non-hydrogen) atoms. The van der Waals surface area contributed by atoms with Gasteiger partial charge in [0.05, 0.1) is 6.61 Å². The number of nitrogens with zero attached hydrogens (tertiary/aromatic N) is 1. The molecular weight excluding hydrogens is 226 g/mol. The average molecular weight is 243 g/mol. The number of likely N-dealkylation sites (N-methyl/N-ethyl adjacent to an activating group) is 1. The van der Waals surface area contributed by atoms with Gasteiger partial charge in [-0.15, -0.1) is 0 Å². The van der Waals surface area contributed by atoms with Gasteiger partial charge in [0.15, 0.2) is 0 Å². The normalized spacial score (nSPS) is 10.3. The van der Waals surface area contributed by atoms with Crippen LogP contribution in [0.3, 0.4) is 0 Å². The summed E-state index contributed by atoms with van der Waals surface area (Å²) in [6, 6.07) is 14.3. The Hall–Kier alpha value is -2.03. The minimum absolute atomic E-state index is 0.201. The van der Waals surface area contributed by atoms with Crippen molar-refractivity contribution in [3.63, 3.8) is 0 Å². The fourth-order valence-corrected chi connectivity index (χ4v) is 1.91. The monoisotopic (exact) mass is 243 g/mol. The lowest BCUT2D eigenvalue weighted by Crippen LogP contribution is -2.26. The first kappa shape index (κ1) is 12.4. The number of hydrogen-bond acceptors (Lipinski definition) is 3. The zero-order chi connectivity index (χ0) is 13.0. The molecule has 0 spiro atoms. The van der Waals surface area contributed by atoms with E-state index in [4.69, 9.17) is 4.74 Å². The number of benzene rings is 2. The van der Waals surface area contributed by atoms with Gasteiger partial charge < -0.3 is 9.64 Å². The summed E-state index contributed by atoms with van der Waals surface area (Å²) in [4.78, 5) is 13.3. The van der Waals surface area contributed by atoms with E-state index in [1.807, 2.05) is 37.1 Å². The van der Waals surface area contributed by atoms with Crippen LogP contribution in [-0.2, 0) is 9.53 Å². The summed E-state index contributed by atoms with van der Waals surface area (Å²) in [6.45, 7) is 2.50. The van der Waals surface area contributed by atoms with Crippen LogP contribution in [-0.4, -0.2) is 26.2 Å². The van der Waals surface area contributed by atoms with E-state index in [0.717, 1.165) is 5.69 Å². The molecule has 0 aromatic heterocycles. The molecule has 0 saturated heterocycles. The largest absolute Gasteiger partial charge is 0.465 e. The van der Waals surface area contributed by atoms with Crippen LogP contribution in [0.4, 0.5) is 5.69 Å². The zero-order valence-corrected chi connectivity index (χ0v) is 10.7. The van der Waals surface area contributed by atoms with Gasteiger partial charge in [0, 0.05) is 12.7 Å². The fraction of sp³-hybridized carbons (Fsp3) is 0.267. The highest BCUT2D eigenvalue weighted by molar-refractivity contribution is 5.86. The SMILES string of the molecule is CCOC(=O)CN(C)c1ccc2ccccc2c1. The lowest BCUT2D eigenvalue weighted by molar-refractivity contribution is -0.141. The van der Waals surface area contributed by atoms with Crippen LogP contribution in [0.1, 0.15) is 6.92 Å². The third-order valence-corrected chi connectivity index (χ3v) is 2.85. The number of hydrogen-bond donors (Lipinski definition) is 0. The molecule has 0 bridgehead atoms. The Morgan fingerprint density at radius 2 is 1.89 bits per heavy atom. The predicted octanol–water partition coefficient (Wildman–Crippen LogP) is 2.84. The minimum Gasteiger partial charge on any atom is -0.465 e. The molecule has 0 aliphatic rings. The third kappa shape index (κ3) is 2.80. The van der Waals surface area contributed by atoms with Crippen LogP contribution in [0.15, 0.2) is 42.5 Å². The number of rotatable bonds is 4. The van der Waals surface area contributed by atoms with Gasteiger partial charge in [-0.1, -0.05) is 30.3 Å². The Labute approximate surface area is 107 Å². The van der Waals surface area contributed by atoms with Crippen LogP contribution in [0.5, 0.6) is 0 Å². The fourth-order valence-electron chi connectivity index (χ4n) is 1.91. The molecule has 0 heterocycles. The third-order valence-electron chi connectivity index (χ3n) is 2.85. The highest BCUT2D eigenvalue weighted by atomic mass is 16.5. The molecule has 0 amide bonds. The van der Waals surface area contributed by atoms with Gasteiger partial charge in [-0.05, 0) is 29.8 Å². The molecule has 3 heteroatoms. The molecule has 0 atom stereocenters. The van der Waals surface area contributed by atoms with E-state index in [1.54, 1.807) is 0 Å². The van der Waals surface area contributed by atoms with Crippen molar-refractivity contribution >= 4 is 22.4 Å². The summed E-state index contributed by atoms with van der Waals surface area (Å²) in [7, 11) is 1.89. The van der Waals surface area contributed by atoms with Crippen molar-refractivity contribution in [1.29, 1.82) is 0 Å². The Kier molecular flexibility index (Phi) is 3.82. The molecule has 0 N–H and O–H groups in total. The molecule has 2 rings (SSSR count). The van der Waals surface area contributed by atoms with Gasteiger partial charge in [-0.3, -0.25) is 4.79 Å². The van der Waals surface area contributed by atoms with E-state index < -0.39 is 0 Å². The summed E-state index contributed by atoms with van der Waals surface area (Å²) in [5.41, 5.74) is 1.02. The second-order valence-electron chi connectivity index (χ2n) is 4.19. The van der Waals surface area contributed by atoms with E-state index in [1.165, 1.54) is 10.8 Å². The van der Waals surface area contributed by atoms with Crippen molar-refractivity contribution < 1.29 is 9.53 Å². The van der Waals surface area contributed by atoms with E-state index in [-0.39, 0.29) is 12.5 Å². The molecule has 3 nitrogen and oxygen atoms in total. The number of fused-ring (bicyclic) bond motifs is 1. The molecule has 0 unspecified atom stereocenters. The Balaban J connectivity index is 2.17. The van der Waals surface area contributed by atoms with E-state index in [2.05, 4.69) is 24.3 Å². The van der Waals surface area contributed by atoms with Crippen LogP contribution in [0, 0.1) is 0 Å². The zero-order valence-electron chi connectivity index (χ0n) is 10.7. The van der Waals surface area contributed by atoms with Gasteiger partial charge in [-0.25, -0.2) is 0 Å². The molecule has 0 radical (unpaired) electrons. The van der Waals surface area contributed by atoms with Gasteiger partial charge >= 0.3 is 5.97 Å². The average Bonchev–Trinajstić information content (AvgIpc) is 2.38. The second-order valence-corrected chi connectivity index (χ2v) is 4.19. The number of anilines is 1. The lowest BCUT2D eigenvalue weighted by Gasteiger charge is -2.18. The van der Waals surface area contributed by atoms with Crippen LogP contribution in [0.2, 0.25) is 0 Å². The first-order chi connectivity index (χ1) is 8.70. The first-order valence-corrected chi connectivity index (χ1v) is 6.06. The Bertz CT molecular complexity index is 551. The maximum atomic E-state index is 11.4. The summed E-state index contributed by atoms with van der Waals surface area (Å²) < 4.78 is 4.94. The van der Waals surface area contributed by atoms with E-state index in [0.29, 0.717) is 6.61 Å². The topological polar surface area (TPSA) is 29.5 Å². The lowest BCUT2D eigenvalue weighted by atomic mass is 10.1. The van der Waals surface area contributed by atoms with Crippen molar-refractivity contribution in [3.05, 3.63) is 42.5 Å². The molecule has 0 fully saturated rings. The van der Waals surface area contributed by atoms with Crippen LogP contribution >= 0.6 is 0 Å². The predicted molar refractivity (Wildman–Crippen MR) is 73.9 cm³/mol. The number of carbonyl (C=O) groups excluding carboxylic acids is 1. The summed E-state index contributed by atoms with van der Waals surface area (Å²) >= 11 is 0. The maximum absolute atomic E-state index is 11.4. The van der Waals surface area contributed by atoms with Crippen molar-refractivity contribution in [3.8, 4) is 0 Å². The minimum atomic E-state index is -0.201. The summed E-state index contributed by atoms with van der Waals surface area (Å²) in [6.07, 6.45) is 0. The summed E-state index contributed by atoms with van der Waals surface area (Å²) in [5, 5.41) is 2.37. The molecule has 2 aromatic carbocycles. The van der Waals surface area contributed by atoms with E-state index in [9.17, 15) is 4.79 Å². The van der Waals surface area contributed by atoms with Gasteiger partial charge in [-0.2, -0.15) is 0 Å². The van der Waals surface area contributed by atoms with Crippen molar-refractivity contribution in [2.75, 3.05) is 25.1 Å². The highest BCUT2D eigenvalue weighted by Gasteiger charge is 2.08. The molecule has 0 saturated carbocycles.